The van der Waals surface area contributed by atoms with Crippen LogP contribution in [0.15, 0.2) is 108 Å². The van der Waals surface area contributed by atoms with Gasteiger partial charge in [0.25, 0.3) is 5.91 Å². The van der Waals surface area contributed by atoms with Gasteiger partial charge in [-0.25, -0.2) is 9.79 Å². The standard InChI is InChI=1S/C32H25F3N4O4/c1-20-9-5-6-12-24(20)27(40)19-39-26-14-8-7-13-25(26)28(21-10-3-2-4-11-21)37-29(30(39)41)38-31(42)36-22-15-17-23(18-16-22)43-32(33,34)35/h2-18,29H,19H2,1H3,(H2,36,38,42)/t29-/m0/s1. The second-order valence-corrected chi connectivity index (χ2v) is 9.60. The molecule has 1 heterocycles. The molecule has 0 fully saturated rings. The fourth-order valence-corrected chi connectivity index (χ4v) is 4.66. The van der Waals surface area contributed by atoms with Gasteiger partial charge in [0.05, 0.1) is 17.9 Å². The zero-order valence-corrected chi connectivity index (χ0v) is 22.8. The number of Topliss-reactive ketones (excluding diaryl/α,β-unsaturated/α-hetero) is 1. The normalized spacial score (nSPS) is 14.7. The first-order chi connectivity index (χ1) is 20.6. The molecular formula is C32H25F3N4O4. The molecule has 5 rings (SSSR count). The van der Waals surface area contributed by atoms with Gasteiger partial charge in [-0.05, 0) is 42.8 Å². The minimum absolute atomic E-state index is 0.148. The highest BCUT2D eigenvalue weighted by Crippen LogP contribution is 2.29. The first-order valence-electron chi connectivity index (χ1n) is 13.2. The maximum absolute atomic E-state index is 14.0. The summed E-state index contributed by atoms with van der Waals surface area (Å²) >= 11 is 0. The number of alkyl halides is 3. The molecule has 1 atom stereocenters. The summed E-state index contributed by atoms with van der Waals surface area (Å²) in [5, 5.41) is 5.04. The van der Waals surface area contributed by atoms with Gasteiger partial charge in [-0.15, -0.1) is 13.2 Å². The van der Waals surface area contributed by atoms with Crippen molar-refractivity contribution in [3.63, 3.8) is 0 Å². The molecule has 0 saturated carbocycles. The first kappa shape index (κ1) is 29.1. The van der Waals surface area contributed by atoms with Gasteiger partial charge in [0.15, 0.2) is 5.78 Å². The number of halogens is 3. The number of anilines is 2. The van der Waals surface area contributed by atoms with E-state index in [0.29, 0.717) is 28.1 Å². The largest absolute Gasteiger partial charge is 0.573 e. The van der Waals surface area contributed by atoms with Crippen LogP contribution < -0.4 is 20.3 Å². The summed E-state index contributed by atoms with van der Waals surface area (Å²) in [5.74, 6) is -1.40. The summed E-state index contributed by atoms with van der Waals surface area (Å²) in [6.07, 6.45) is -6.30. The Kier molecular flexibility index (Phi) is 8.24. The number of hydrogen-bond donors (Lipinski definition) is 2. The number of aliphatic imine (C=N–C) groups is 1. The number of nitrogens with zero attached hydrogens (tertiary/aromatic N) is 2. The second kappa shape index (κ2) is 12.2. The number of urea groups is 1. The lowest BCUT2D eigenvalue weighted by Crippen LogP contribution is -2.50. The average molecular weight is 587 g/mol. The summed E-state index contributed by atoms with van der Waals surface area (Å²) < 4.78 is 41.3. The maximum atomic E-state index is 14.0. The molecule has 0 aliphatic carbocycles. The molecule has 218 valence electrons. The van der Waals surface area contributed by atoms with Gasteiger partial charge in [0.2, 0.25) is 6.17 Å². The number of para-hydroxylation sites is 1. The second-order valence-electron chi connectivity index (χ2n) is 9.60. The molecule has 1 aliphatic heterocycles. The number of carbonyl (C=O) groups is 3. The summed E-state index contributed by atoms with van der Waals surface area (Å²) in [5.41, 5.74) is 3.50. The van der Waals surface area contributed by atoms with Crippen LogP contribution in [0.3, 0.4) is 0 Å². The Bertz CT molecular complexity index is 1690. The van der Waals surface area contributed by atoms with Gasteiger partial charge in [-0.1, -0.05) is 72.8 Å². The zero-order chi connectivity index (χ0) is 30.6. The SMILES string of the molecule is Cc1ccccc1C(=O)CN1C(=O)[C@H](NC(=O)Nc2ccc(OC(F)(F)F)cc2)N=C(c2ccccc2)c2ccccc21. The van der Waals surface area contributed by atoms with E-state index in [-0.39, 0.29) is 18.0 Å². The molecule has 0 radical (unpaired) electrons. The molecule has 43 heavy (non-hydrogen) atoms. The number of amides is 3. The fraction of sp³-hybridized carbons (Fsp3) is 0.125. The van der Waals surface area contributed by atoms with Crippen LogP contribution in [0.2, 0.25) is 0 Å². The van der Waals surface area contributed by atoms with Gasteiger partial charge in [0, 0.05) is 22.4 Å². The number of nitrogens with one attached hydrogen (secondary N) is 2. The smallest absolute Gasteiger partial charge is 0.406 e. The average Bonchev–Trinajstić information content (AvgIpc) is 3.09. The number of hydrogen-bond acceptors (Lipinski definition) is 5. The minimum Gasteiger partial charge on any atom is -0.406 e. The lowest BCUT2D eigenvalue weighted by Gasteiger charge is -2.25. The van der Waals surface area contributed by atoms with E-state index in [4.69, 9.17) is 0 Å². The third-order valence-corrected chi connectivity index (χ3v) is 6.62. The third-order valence-electron chi connectivity index (χ3n) is 6.62. The predicted molar refractivity (Wildman–Crippen MR) is 155 cm³/mol. The monoisotopic (exact) mass is 586 g/mol. The molecule has 0 saturated heterocycles. The first-order valence-corrected chi connectivity index (χ1v) is 13.2. The Hall–Kier alpha value is -5.45. The molecule has 0 aromatic heterocycles. The Morgan fingerprint density at radius 1 is 0.884 bits per heavy atom. The van der Waals surface area contributed by atoms with Gasteiger partial charge in [-0.3, -0.25) is 9.59 Å². The number of ketones is 1. The molecule has 0 spiro atoms. The Morgan fingerprint density at radius 3 is 2.23 bits per heavy atom. The number of carbonyl (C=O) groups excluding carboxylic acids is 3. The summed E-state index contributed by atoms with van der Waals surface area (Å²) in [4.78, 5) is 46.4. The number of fused-ring (bicyclic) bond motifs is 1. The Balaban J connectivity index is 1.47. The number of benzene rings is 4. The van der Waals surface area contributed by atoms with Crippen molar-refractivity contribution in [2.45, 2.75) is 19.5 Å². The maximum Gasteiger partial charge on any atom is 0.573 e. The van der Waals surface area contributed by atoms with Crippen LogP contribution >= 0.6 is 0 Å². The molecule has 11 heteroatoms. The van der Waals surface area contributed by atoms with Crippen LogP contribution in [-0.2, 0) is 4.79 Å². The van der Waals surface area contributed by atoms with Crippen LogP contribution in [-0.4, -0.2) is 42.5 Å². The number of benzodiazepines with no additional fused rings is 1. The van der Waals surface area contributed by atoms with Crippen molar-refractivity contribution in [1.82, 2.24) is 5.32 Å². The molecule has 8 nitrogen and oxygen atoms in total. The highest BCUT2D eigenvalue weighted by atomic mass is 19.4. The summed E-state index contributed by atoms with van der Waals surface area (Å²) in [6.45, 7) is 1.50. The van der Waals surface area contributed by atoms with Crippen LogP contribution in [0.25, 0.3) is 0 Å². The molecule has 3 amide bonds. The van der Waals surface area contributed by atoms with Crippen LogP contribution in [0.1, 0.15) is 27.0 Å². The number of aryl methyl sites for hydroxylation is 1. The van der Waals surface area contributed by atoms with E-state index in [1.165, 1.54) is 17.0 Å². The Labute approximate surface area is 244 Å². The lowest BCUT2D eigenvalue weighted by atomic mass is 9.99. The minimum atomic E-state index is -4.86. The summed E-state index contributed by atoms with van der Waals surface area (Å²) in [7, 11) is 0. The molecule has 4 aromatic carbocycles. The topological polar surface area (TPSA) is 100 Å². The molecule has 4 aromatic rings. The molecular weight excluding hydrogens is 561 g/mol. The predicted octanol–water partition coefficient (Wildman–Crippen LogP) is 6.11. The lowest BCUT2D eigenvalue weighted by molar-refractivity contribution is -0.274. The summed E-state index contributed by atoms with van der Waals surface area (Å²) in [6, 6.07) is 26.8. The van der Waals surface area contributed by atoms with Crippen LogP contribution in [0.5, 0.6) is 5.75 Å². The van der Waals surface area contributed by atoms with Crippen molar-refractivity contribution in [1.29, 1.82) is 0 Å². The van der Waals surface area contributed by atoms with Gasteiger partial charge < -0.3 is 20.3 Å². The molecule has 0 bridgehead atoms. The van der Waals surface area contributed by atoms with Crippen molar-refractivity contribution in [3.05, 3.63) is 125 Å². The van der Waals surface area contributed by atoms with E-state index in [0.717, 1.165) is 17.7 Å². The van der Waals surface area contributed by atoms with Gasteiger partial charge in [0.1, 0.15) is 5.75 Å². The number of rotatable bonds is 7. The van der Waals surface area contributed by atoms with Gasteiger partial charge >= 0.3 is 12.4 Å². The van der Waals surface area contributed by atoms with E-state index in [1.54, 1.807) is 49.4 Å². The zero-order valence-electron chi connectivity index (χ0n) is 22.8. The van der Waals surface area contributed by atoms with Gasteiger partial charge in [-0.2, -0.15) is 0 Å². The number of ether oxygens (including phenoxy) is 1. The van der Waals surface area contributed by atoms with Crippen LogP contribution in [0.4, 0.5) is 29.3 Å². The van der Waals surface area contributed by atoms with E-state index in [2.05, 4.69) is 20.4 Å². The fourth-order valence-electron chi connectivity index (χ4n) is 4.66. The quantitative estimate of drug-likeness (QED) is 0.255. The van der Waals surface area contributed by atoms with E-state index in [1.807, 2.05) is 36.4 Å². The van der Waals surface area contributed by atoms with E-state index in [9.17, 15) is 27.6 Å². The van der Waals surface area contributed by atoms with Crippen molar-refractivity contribution in [2.24, 2.45) is 4.99 Å². The molecule has 2 N–H and O–H groups in total. The van der Waals surface area contributed by atoms with E-state index < -0.39 is 30.2 Å². The van der Waals surface area contributed by atoms with Crippen LogP contribution in [0, 0.1) is 6.92 Å². The van der Waals surface area contributed by atoms with Crippen molar-refractivity contribution in [3.8, 4) is 5.75 Å². The third kappa shape index (κ3) is 6.89. The molecule has 1 aliphatic rings. The van der Waals surface area contributed by atoms with Crippen molar-refractivity contribution < 1.29 is 32.3 Å². The highest BCUT2D eigenvalue weighted by molar-refractivity contribution is 6.21. The van der Waals surface area contributed by atoms with Crippen molar-refractivity contribution >= 4 is 34.8 Å². The van der Waals surface area contributed by atoms with E-state index >= 15 is 0 Å². The molecule has 0 unspecified atom stereocenters. The van der Waals surface area contributed by atoms with Crippen molar-refractivity contribution in [2.75, 3.05) is 16.8 Å². The Morgan fingerprint density at radius 2 is 1.53 bits per heavy atom. The highest BCUT2D eigenvalue weighted by Gasteiger charge is 2.34.